The van der Waals surface area contributed by atoms with Gasteiger partial charge in [-0.05, 0) is 111 Å². The van der Waals surface area contributed by atoms with Gasteiger partial charge in [0.2, 0.25) is 0 Å². The van der Waals surface area contributed by atoms with Gasteiger partial charge in [0.05, 0.1) is 5.92 Å². The molecule has 0 aromatic heterocycles. The third-order valence-corrected chi connectivity index (χ3v) is 7.61. The van der Waals surface area contributed by atoms with E-state index in [0.717, 1.165) is 12.1 Å². The first-order valence-electron chi connectivity index (χ1n) is 12.9. The van der Waals surface area contributed by atoms with Gasteiger partial charge in [-0.1, -0.05) is 36.4 Å². The molecule has 1 nitrogen and oxygen atoms in total. The van der Waals surface area contributed by atoms with Crippen molar-refractivity contribution in [2.75, 3.05) is 0 Å². The Balaban J connectivity index is 1.28. The number of benzene rings is 2. The van der Waals surface area contributed by atoms with Crippen LogP contribution in [0.15, 0.2) is 60.7 Å². The van der Waals surface area contributed by atoms with E-state index in [0.29, 0.717) is 49.0 Å². The van der Waals surface area contributed by atoms with Crippen LogP contribution in [0.2, 0.25) is 0 Å². The summed E-state index contributed by atoms with van der Waals surface area (Å²) < 4.78 is 75.0. The first-order valence-corrected chi connectivity index (χ1v) is 12.9. The van der Waals surface area contributed by atoms with Crippen molar-refractivity contribution in [2.45, 2.75) is 64.4 Å². The average Bonchev–Trinajstić information content (AvgIpc) is 2.87. The molecule has 6 heteroatoms. The quantitative estimate of drug-likeness (QED) is 0.207. The number of hydrogen-bond acceptors (Lipinski definition) is 1. The van der Waals surface area contributed by atoms with E-state index in [1.807, 2.05) is 0 Å². The van der Waals surface area contributed by atoms with Gasteiger partial charge in [0.1, 0.15) is 5.75 Å². The zero-order chi connectivity index (χ0) is 25.7. The Hall–Kier alpha value is -2.63. The van der Waals surface area contributed by atoms with Crippen LogP contribution >= 0.6 is 0 Å². The fraction of sp³-hybridized carbons (Fsp3) is 0.467. The molecule has 0 saturated heterocycles. The first kappa shape index (κ1) is 26.4. The Bertz CT molecular complexity index is 1040. The Morgan fingerprint density at radius 2 is 1.17 bits per heavy atom. The van der Waals surface area contributed by atoms with E-state index in [1.54, 1.807) is 0 Å². The summed E-state index contributed by atoms with van der Waals surface area (Å²) in [7, 11) is 0. The SMILES string of the molecule is C/C=C/C1CCC(/C=C/C2CCC(C(F)(F)Oc3ccc(-c4cc(F)c(F)c(F)c4)cc3)CC2)CC1. The van der Waals surface area contributed by atoms with E-state index >= 15 is 0 Å². The topological polar surface area (TPSA) is 9.23 Å². The average molecular weight is 505 g/mol. The number of hydrogen-bond donors (Lipinski definition) is 0. The lowest BCUT2D eigenvalue weighted by Gasteiger charge is -2.32. The summed E-state index contributed by atoms with van der Waals surface area (Å²) in [5.41, 5.74) is 0.480. The molecule has 0 amide bonds. The molecule has 194 valence electrons. The first-order chi connectivity index (χ1) is 17.2. The summed E-state index contributed by atoms with van der Waals surface area (Å²) in [5, 5.41) is 0. The Labute approximate surface area is 210 Å². The fourth-order valence-electron chi connectivity index (χ4n) is 5.44. The van der Waals surface area contributed by atoms with Crippen molar-refractivity contribution in [1.82, 2.24) is 0 Å². The molecule has 0 spiro atoms. The number of allylic oxidation sites excluding steroid dienone is 4. The normalized spacial score (nSPS) is 25.5. The minimum Gasteiger partial charge on any atom is -0.432 e. The van der Waals surface area contributed by atoms with Crippen LogP contribution in [-0.4, -0.2) is 6.11 Å². The van der Waals surface area contributed by atoms with Crippen molar-refractivity contribution in [3.05, 3.63) is 78.2 Å². The molecule has 0 bridgehead atoms. The Kier molecular flexibility index (Phi) is 8.53. The monoisotopic (exact) mass is 504 g/mol. The van der Waals surface area contributed by atoms with Crippen LogP contribution in [-0.2, 0) is 0 Å². The van der Waals surface area contributed by atoms with Crippen LogP contribution in [0.4, 0.5) is 22.0 Å². The Morgan fingerprint density at radius 1 is 0.694 bits per heavy atom. The molecule has 0 unspecified atom stereocenters. The molecular weight excluding hydrogens is 471 g/mol. The van der Waals surface area contributed by atoms with Crippen LogP contribution in [0.5, 0.6) is 5.75 Å². The number of rotatable bonds is 7. The van der Waals surface area contributed by atoms with E-state index < -0.39 is 29.5 Å². The summed E-state index contributed by atoms with van der Waals surface area (Å²) in [4.78, 5) is 0. The second-order valence-corrected chi connectivity index (χ2v) is 10.1. The maximum atomic E-state index is 14.9. The third kappa shape index (κ3) is 6.57. The van der Waals surface area contributed by atoms with E-state index in [2.05, 4.69) is 31.2 Å². The molecule has 0 heterocycles. The fourth-order valence-corrected chi connectivity index (χ4v) is 5.44. The third-order valence-electron chi connectivity index (χ3n) is 7.61. The van der Waals surface area contributed by atoms with Gasteiger partial charge < -0.3 is 4.74 Å². The standard InChI is InChI=1S/C30H33F5O/c1-2-3-20-4-6-21(7-5-20)8-9-22-10-14-25(15-11-22)30(34,35)36-26-16-12-23(13-17-26)24-18-27(31)29(33)28(32)19-24/h2-3,8-9,12-13,16-22,25H,4-7,10-11,14-15H2,1H3/b3-2+,9-8+. The van der Waals surface area contributed by atoms with Gasteiger partial charge in [0.25, 0.3) is 0 Å². The molecule has 0 atom stereocenters. The predicted molar refractivity (Wildman–Crippen MR) is 132 cm³/mol. The van der Waals surface area contributed by atoms with Gasteiger partial charge in [-0.2, -0.15) is 8.78 Å². The molecular formula is C30H33F5O. The lowest BCUT2D eigenvalue weighted by molar-refractivity contribution is -0.222. The van der Waals surface area contributed by atoms with Gasteiger partial charge in [-0.15, -0.1) is 0 Å². The summed E-state index contributed by atoms with van der Waals surface area (Å²) in [6.45, 7) is 2.06. The number of ether oxygens (including phenoxy) is 1. The van der Waals surface area contributed by atoms with Crippen LogP contribution in [0.3, 0.4) is 0 Å². The molecule has 2 aromatic carbocycles. The molecule has 2 aliphatic carbocycles. The summed E-state index contributed by atoms with van der Waals surface area (Å²) in [6, 6.07) is 7.25. The highest BCUT2D eigenvalue weighted by atomic mass is 19.3. The zero-order valence-electron chi connectivity index (χ0n) is 20.5. The van der Waals surface area contributed by atoms with Gasteiger partial charge in [0.15, 0.2) is 17.5 Å². The second kappa shape index (κ2) is 11.6. The minimum absolute atomic E-state index is 0.0256. The van der Waals surface area contributed by atoms with Crippen molar-refractivity contribution in [1.29, 1.82) is 0 Å². The molecule has 0 N–H and O–H groups in total. The molecule has 36 heavy (non-hydrogen) atoms. The van der Waals surface area contributed by atoms with E-state index in [1.165, 1.54) is 49.9 Å². The van der Waals surface area contributed by atoms with Gasteiger partial charge in [0, 0.05) is 0 Å². The van der Waals surface area contributed by atoms with Gasteiger partial charge in [-0.3, -0.25) is 0 Å². The highest BCUT2D eigenvalue weighted by Gasteiger charge is 2.43. The minimum atomic E-state index is -3.31. The highest BCUT2D eigenvalue weighted by molar-refractivity contribution is 5.64. The van der Waals surface area contributed by atoms with Crippen molar-refractivity contribution < 1.29 is 26.7 Å². The molecule has 2 aromatic rings. The molecule has 4 rings (SSSR count). The summed E-state index contributed by atoms with van der Waals surface area (Å²) in [5.74, 6) is -3.42. The molecule has 2 fully saturated rings. The van der Waals surface area contributed by atoms with E-state index in [-0.39, 0.29) is 11.3 Å². The molecule has 0 radical (unpaired) electrons. The zero-order valence-corrected chi connectivity index (χ0v) is 20.5. The Morgan fingerprint density at radius 3 is 1.67 bits per heavy atom. The predicted octanol–water partition coefficient (Wildman–Crippen LogP) is 9.49. The maximum absolute atomic E-state index is 14.9. The van der Waals surface area contributed by atoms with Crippen LogP contribution in [0, 0.1) is 41.1 Å². The lowest BCUT2D eigenvalue weighted by Crippen LogP contribution is -2.37. The lowest BCUT2D eigenvalue weighted by atomic mass is 9.78. The number of alkyl halides is 2. The number of halogens is 5. The van der Waals surface area contributed by atoms with Crippen LogP contribution in [0.25, 0.3) is 11.1 Å². The maximum Gasteiger partial charge on any atom is 0.400 e. The highest BCUT2D eigenvalue weighted by Crippen LogP contribution is 2.41. The van der Waals surface area contributed by atoms with Crippen molar-refractivity contribution in [3.8, 4) is 16.9 Å². The van der Waals surface area contributed by atoms with Crippen molar-refractivity contribution in [3.63, 3.8) is 0 Å². The smallest absolute Gasteiger partial charge is 0.400 e. The van der Waals surface area contributed by atoms with E-state index in [4.69, 9.17) is 4.74 Å². The molecule has 0 aliphatic heterocycles. The molecule has 2 aliphatic rings. The summed E-state index contributed by atoms with van der Waals surface area (Å²) in [6.07, 6.45) is 12.7. The van der Waals surface area contributed by atoms with Crippen molar-refractivity contribution in [2.24, 2.45) is 23.7 Å². The van der Waals surface area contributed by atoms with Crippen LogP contribution < -0.4 is 4.74 Å². The largest absolute Gasteiger partial charge is 0.432 e. The van der Waals surface area contributed by atoms with E-state index in [9.17, 15) is 22.0 Å². The van der Waals surface area contributed by atoms with Crippen LogP contribution in [0.1, 0.15) is 58.3 Å². The van der Waals surface area contributed by atoms with Gasteiger partial charge in [-0.25, -0.2) is 13.2 Å². The van der Waals surface area contributed by atoms with Crippen molar-refractivity contribution >= 4 is 0 Å². The summed E-state index contributed by atoms with van der Waals surface area (Å²) >= 11 is 0. The second-order valence-electron chi connectivity index (χ2n) is 10.1. The van der Waals surface area contributed by atoms with Gasteiger partial charge >= 0.3 is 6.11 Å². The molecule has 2 saturated carbocycles.